The third-order valence-corrected chi connectivity index (χ3v) is 6.24. The molecule has 31 heavy (non-hydrogen) atoms. The van der Waals surface area contributed by atoms with Gasteiger partial charge < -0.3 is 9.64 Å². The van der Waals surface area contributed by atoms with Gasteiger partial charge in [0.05, 0.1) is 19.8 Å². The van der Waals surface area contributed by atoms with E-state index in [2.05, 4.69) is 4.74 Å². The summed E-state index contributed by atoms with van der Waals surface area (Å²) in [6.45, 7) is 0.649. The summed E-state index contributed by atoms with van der Waals surface area (Å²) in [4.78, 5) is 36.3. The van der Waals surface area contributed by atoms with Crippen molar-refractivity contribution in [2.75, 3.05) is 24.8 Å². The van der Waals surface area contributed by atoms with Crippen molar-refractivity contribution >= 4 is 33.4 Å². The van der Waals surface area contributed by atoms with E-state index in [0.29, 0.717) is 12.2 Å². The van der Waals surface area contributed by atoms with Gasteiger partial charge in [-0.2, -0.15) is 4.31 Å². The molecule has 0 aromatic heterocycles. The molecule has 1 fully saturated rings. The minimum absolute atomic E-state index is 0.113. The lowest BCUT2D eigenvalue weighted by molar-refractivity contribution is -0.139. The molecule has 0 N–H and O–H groups in total. The number of anilines is 1. The Morgan fingerprint density at radius 2 is 1.68 bits per heavy atom. The zero-order valence-electron chi connectivity index (χ0n) is 17.4. The highest BCUT2D eigenvalue weighted by Gasteiger charge is 2.30. The first kappa shape index (κ1) is 22.6. The molecule has 8 nitrogen and oxygen atoms in total. The molecule has 0 aliphatic carbocycles. The van der Waals surface area contributed by atoms with Gasteiger partial charge in [0.2, 0.25) is 15.8 Å². The van der Waals surface area contributed by atoms with Crippen molar-refractivity contribution in [1.29, 1.82) is 0 Å². The van der Waals surface area contributed by atoms with Crippen LogP contribution in [0.4, 0.5) is 5.69 Å². The highest BCUT2D eigenvalue weighted by atomic mass is 32.2. The Balaban J connectivity index is 1.74. The smallest absolute Gasteiger partial charge is 0.309 e. The van der Waals surface area contributed by atoms with E-state index >= 15 is 0 Å². The van der Waals surface area contributed by atoms with Crippen molar-refractivity contribution in [2.24, 2.45) is 0 Å². The summed E-state index contributed by atoms with van der Waals surface area (Å²) in [7, 11) is -2.19. The first-order valence-corrected chi connectivity index (χ1v) is 11.6. The summed E-state index contributed by atoms with van der Waals surface area (Å²) in [5, 5.41) is 0. The number of sulfonamides is 1. The van der Waals surface area contributed by atoms with Gasteiger partial charge in [0.25, 0.3) is 5.91 Å². The first-order chi connectivity index (χ1) is 14.7. The van der Waals surface area contributed by atoms with E-state index in [1.54, 1.807) is 48.5 Å². The molecule has 1 amide bonds. The fourth-order valence-corrected chi connectivity index (χ4v) is 4.14. The number of ketones is 1. The summed E-state index contributed by atoms with van der Waals surface area (Å²) < 4.78 is 30.7. The Morgan fingerprint density at radius 1 is 1.03 bits per heavy atom. The zero-order valence-corrected chi connectivity index (χ0v) is 18.2. The molecule has 3 rings (SSSR count). The van der Waals surface area contributed by atoms with Gasteiger partial charge in [0.15, 0.2) is 0 Å². The van der Waals surface area contributed by atoms with E-state index in [-0.39, 0.29) is 31.9 Å². The van der Waals surface area contributed by atoms with Crippen molar-refractivity contribution in [3.05, 3.63) is 65.2 Å². The van der Waals surface area contributed by atoms with Crippen molar-refractivity contribution in [1.82, 2.24) is 4.31 Å². The normalized spacial score (nSPS) is 14.4. The lowest BCUT2D eigenvalue weighted by Crippen LogP contribution is -2.29. The van der Waals surface area contributed by atoms with Gasteiger partial charge in [-0.15, -0.1) is 0 Å². The predicted octanol–water partition coefficient (Wildman–Crippen LogP) is 1.67. The minimum atomic E-state index is -3.51. The Bertz CT molecular complexity index is 1100. The molecular formula is C22H24N2O6S. The van der Waals surface area contributed by atoms with Crippen molar-refractivity contribution < 1.29 is 27.5 Å². The third-order valence-electron chi connectivity index (χ3n) is 5.05. The number of carbonyl (C=O) groups excluding carboxylic acids is 3. The summed E-state index contributed by atoms with van der Waals surface area (Å²) >= 11 is 0. The maximum absolute atomic E-state index is 12.4. The van der Waals surface area contributed by atoms with Crippen LogP contribution >= 0.6 is 0 Å². The van der Waals surface area contributed by atoms with Gasteiger partial charge in [-0.1, -0.05) is 36.4 Å². The molecule has 0 radical (unpaired) electrons. The number of hydrogen-bond donors (Lipinski definition) is 0. The maximum Gasteiger partial charge on any atom is 0.309 e. The molecule has 164 valence electrons. The number of hydrogen-bond acceptors (Lipinski definition) is 6. The van der Waals surface area contributed by atoms with E-state index in [0.717, 1.165) is 22.9 Å². The molecule has 0 atom stereocenters. The fourth-order valence-electron chi connectivity index (χ4n) is 3.37. The zero-order chi connectivity index (χ0) is 22.6. The van der Waals surface area contributed by atoms with Crippen LogP contribution in [0.15, 0.2) is 48.5 Å². The van der Waals surface area contributed by atoms with Gasteiger partial charge in [-0.3, -0.25) is 14.4 Å². The van der Waals surface area contributed by atoms with E-state index in [9.17, 15) is 22.8 Å². The molecular weight excluding hydrogens is 420 g/mol. The minimum Gasteiger partial charge on any atom is -0.469 e. The lowest BCUT2D eigenvalue weighted by atomic mass is 10.1. The Morgan fingerprint density at radius 3 is 2.26 bits per heavy atom. The fraction of sp³-hybridized carbons (Fsp3) is 0.318. The second-order valence-electron chi connectivity index (χ2n) is 7.40. The van der Waals surface area contributed by atoms with Crippen LogP contribution in [-0.2, 0) is 48.7 Å². The number of nitrogens with zero attached hydrogens (tertiary/aromatic N) is 2. The molecule has 0 bridgehead atoms. The Kier molecular flexibility index (Phi) is 6.87. The van der Waals surface area contributed by atoms with Crippen LogP contribution in [0.5, 0.6) is 0 Å². The van der Waals surface area contributed by atoms with Crippen LogP contribution in [0.2, 0.25) is 0 Å². The van der Waals surface area contributed by atoms with Crippen LogP contribution in [0.25, 0.3) is 0 Å². The molecule has 1 aliphatic rings. The third kappa shape index (κ3) is 5.77. The molecule has 0 unspecified atom stereocenters. The molecule has 9 heteroatoms. The van der Waals surface area contributed by atoms with E-state index in [4.69, 9.17) is 0 Å². The summed E-state index contributed by atoms with van der Waals surface area (Å²) in [6.07, 6.45) is 1.47. The quantitative estimate of drug-likeness (QED) is 0.454. The summed E-state index contributed by atoms with van der Waals surface area (Å²) in [6, 6.07) is 14.1. The van der Waals surface area contributed by atoms with E-state index in [1.807, 2.05) is 0 Å². The van der Waals surface area contributed by atoms with Gasteiger partial charge in [0.1, 0.15) is 0 Å². The number of benzene rings is 2. The topological polar surface area (TPSA) is 101 Å². The molecule has 2 aromatic carbocycles. The predicted molar refractivity (Wildman–Crippen MR) is 115 cm³/mol. The standard InChI is InChI=1S/C22H24N2O6S/c1-30-21(26)13-17-4-3-5-18(12-17)15-23(31(2,28)29)14-16-6-8-19(9-7-16)24-11-10-20(25)22(24)27/h3-9,12H,10-11,13-15H2,1-2H3. The molecule has 1 aliphatic heterocycles. The molecule has 0 saturated carbocycles. The van der Waals surface area contributed by atoms with Crippen LogP contribution in [-0.4, -0.2) is 50.3 Å². The van der Waals surface area contributed by atoms with Crippen molar-refractivity contribution in [3.63, 3.8) is 0 Å². The monoisotopic (exact) mass is 444 g/mol. The average Bonchev–Trinajstić information content (AvgIpc) is 3.06. The second-order valence-corrected chi connectivity index (χ2v) is 9.38. The van der Waals surface area contributed by atoms with Crippen molar-refractivity contribution in [3.8, 4) is 0 Å². The van der Waals surface area contributed by atoms with Crippen molar-refractivity contribution in [2.45, 2.75) is 25.9 Å². The van der Waals surface area contributed by atoms with Crippen LogP contribution < -0.4 is 4.90 Å². The molecule has 1 heterocycles. The Hall–Kier alpha value is -3.04. The van der Waals surface area contributed by atoms with E-state index < -0.39 is 21.7 Å². The second kappa shape index (κ2) is 9.40. The number of methoxy groups -OCH3 is 1. The van der Waals surface area contributed by atoms with Gasteiger partial charge >= 0.3 is 5.97 Å². The van der Waals surface area contributed by atoms with Crippen LogP contribution in [0.3, 0.4) is 0 Å². The number of rotatable bonds is 8. The summed E-state index contributed by atoms with van der Waals surface area (Å²) in [5.41, 5.74) is 2.86. The SMILES string of the molecule is COC(=O)Cc1cccc(CN(Cc2ccc(N3CCC(=O)C3=O)cc2)S(C)(=O)=O)c1. The average molecular weight is 445 g/mol. The van der Waals surface area contributed by atoms with E-state index in [1.165, 1.54) is 16.3 Å². The number of esters is 1. The molecule has 0 spiro atoms. The van der Waals surface area contributed by atoms with Gasteiger partial charge in [-0.25, -0.2) is 8.42 Å². The number of carbonyl (C=O) groups is 3. The highest BCUT2D eigenvalue weighted by Crippen LogP contribution is 2.22. The lowest BCUT2D eigenvalue weighted by Gasteiger charge is -2.21. The number of Topliss-reactive ketones (excluding diaryl/α,β-unsaturated/α-hetero) is 1. The van der Waals surface area contributed by atoms with Crippen LogP contribution in [0, 0.1) is 0 Å². The summed E-state index contributed by atoms with van der Waals surface area (Å²) in [5.74, 6) is -1.28. The van der Waals surface area contributed by atoms with Crippen LogP contribution in [0.1, 0.15) is 23.1 Å². The molecule has 2 aromatic rings. The Labute approximate surface area is 181 Å². The highest BCUT2D eigenvalue weighted by molar-refractivity contribution is 7.88. The van der Waals surface area contributed by atoms with Gasteiger partial charge in [-0.05, 0) is 28.8 Å². The van der Waals surface area contributed by atoms with Gasteiger partial charge in [0, 0.05) is 31.7 Å². The maximum atomic E-state index is 12.4. The molecule has 1 saturated heterocycles. The number of amides is 1. The first-order valence-electron chi connectivity index (χ1n) is 9.71. The largest absolute Gasteiger partial charge is 0.469 e. The number of ether oxygens (including phenoxy) is 1.